The molecule has 2 N–H and O–H groups in total. The summed E-state index contributed by atoms with van der Waals surface area (Å²) >= 11 is 0. The van der Waals surface area contributed by atoms with E-state index in [9.17, 15) is 4.79 Å². The minimum Gasteiger partial charge on any atom is -0.449 e. The third kappa shape index (κ3) is 5.17. The summed E-state index contributed by atoms with van der Waals surface area (Å²) in [5.74, 6) is 0.841. The Hall–Kier alpha value is -2.12. The average molecular weight is 347 g/mol. The molecule has 7 nitrogen and oxygen atoms in total. The van der Waals surface area contributed by atoms with Crippen LogP contribution >= 0.6 is 0 Å². The van der Waals surface area contributed by atoms with Crippen LogP contribution in [-0.2, 0) is 20.6 Å². The van der Waals surface area contributed by atoms with Crippen molar-refractivity contribution in [3.63, 3.8) is 0 Å². The first-order valence-corrected chi connectivity index (χ1v) is 8.59. The molecule has 1 aliphatic rings. The number of aromatic amines is 1. The predicted molar refractivity (Wildman–Crippen MR) is 93.2 cm³/mol. The average Bonchev–Trinajstić information content (AvgIpc) is 2.99. The van der Waals surface area contributed by atoms with Crippen LogP contribution in [0.3, 0.4) is 0 Å². The van der Waals surface area contributed by atoms with Crippen molar-refractivity contribution < 1.29 is 19.0 Å². The van der Waals surface area contributed by atoms with Crippen LogP contribution in [-0.4, -0.2) is 48.7 Å². The summed E-state index contributed by atoms with van der Waals surface area (Å²) in [5.41, 5.74) is 1.97. The molecule has 0 saturated carbocycles. The number of carbonyl (C=O) groups excluding carboxylic acids is 1. The van der Waals surface area contributed by atoms with Crippen LogP contribution in [0.2, 0.25) is 0 Å². The fraction of sp³-hybridized carbons (Fsp3) is 0.556. The zero-order valence-corrected chi connectivity index (χ0v) is 14.7. The molecular formula is C18H25N3O4. The van der Waals surface area contributed by atoms with Crippen LogP contribution < -0.4 is 5.32 Å². The largest absolute Gasteiger partial charge is 0.449 e. The first-order chi connectivity index (χ1) is 12.0. The number of ether oxygens (including phenoxy) is 3. The summed E-state index contributed by atoms with van der Waals surface area (Å²) in [4.78, 5) is 19.4. The van der Waals surface area contributed by atoms with E-state index in [1.165, 1.54) is 0 Å². The SMILES string of the molecule is CC1(C)COC(CCOC(=O)NCCc2nc3ccccc3[nH]2)OC1. The number of carbonyl (C=O) groups is 1. The van der Waals surface area contributed by atoms with Crippen molar-refractivity contribution >= 4 is 17.1 Å². The van der Waals surface area contributed by atoms with E-state index in [1.807, 2.05) is 24.3 Å². The molecule has 0 aliphatic carbocycles. The van der Waals surface area contributed by atoms with Gasteiger partial charge in [-0.1, -0.05) is 26.0 Å². The number of nitrogens with zero attached hydrogens (tertiary/aromatic N) is 1. The van der Waals surface area contributed by atoms with Gasteiger partial charge in [-0.3, -0.25) is 0 Å². The van der Waals surface area contributed by atoms with Crippen LogP contribution in [0.5, 0.6) is 0 Å². The molecule has 0 radical (unpaired) electrons. The number of aromatic nitrogens is 2. The standard InChI is InChI=1S/C18H25N3O4/c1-18(2)11-24-16(25-12-18)8-10-23-17(22)19-9-7-15-20-13-5-3-4-6-14(13)21-15/h3-6,16H,7-12H2,1-2H3,(H,19,22)(H,20,21). The van der Waals surface area contributed by atoms with Gasteiger partial charge in [0.15, 0.2) is 6.29 Å². The number of H-pyrrole nitrogens is 1. The van der Waals surface area contributed by atoms with E-state index in [1.54, 1.807) is 0 Å². The van der Waals surface area contributed by atoms with Crippen molar-refractivity contribution in [3.05, 3.63) is 30.1 Å². The summed E-state index contributed by atoms with van der Waals surface area (Å²) in [6.45, 7) is 6.22. The molecule has 3 rings (SSSR count). The molecule has 1 fully saturated rings. The van der Waals surface area contributed by atoms with Gasteiger partial charge in [0.2, 0.25) is 0 Å². The number of nitrogens with one attached hydrogen (secondary N) is 2. The van der Waals surface area contributed by atoms with Crippen molar-refractivity contribution in [1.29, 1.82) is 0 Å². The molecule has 2 aromatic rings. The molecule has 1 aromatic heterocycles. The lowest BCUT2D eigenvalue weighted by atomic mass is 9.95. The fourth-order valence-electron chi connectivity index (χ4n) is 2.60. The van der Waals surface area contributed by atoms with E-state index in [0.29, 0.717) is 32.6 Å². The molecule has 0 unspecified atom stereocenters. The van der Waals surface area contributed by atoms with E-state index in [0.717, 1.165) is 16.9 Å². The van der Waals surface area contributed by atoms with E-state index in [4.69, 9.17) is 14.2 Å². The summed E-state index contributed by atoms with van der Waals surface area (Å²) in [5, 5.41) is 2.72. The maximum absolute atomic E-state index is 11.7. The summed E-state index contributed by atoms with van der Waals surface area (Å²) in [7, 11) is 0. The summed E-state index contributed by atoms with van der Waals surface area (Å²) < 4.78 is 16.3. The molecular weight excluding hydrogens is 322 g/mol. The lowest BCUT2D eigenvalue weighted by molar-refractivity contribution is -0.225. The van der Waals surface area contributed by atoms with E-state index < -0.39 is 6.09 Å². The Morgan fingerprint density at radius 3 is 2.88 bits per heavy atom. The van der Waals surface area contributed by atoms with Gasteiger partial charge in [0.05, 0.1) is 30.9 Å². The zero-order valence-electron chi connectivity index (χ0n) is 14.7. The van der Waals surface area contributed by atoms with Crippen molar-refractivity contribution in [2.24, 2.45) is 5.41 Å². The molecule has 136 valence electrons. The Morgan fingerprint density at radius 1 is 1.36 bits per heavy atom. The molecule has 0 atom stereocenters. The van der Waals surface area contributed by atoms with Crippen molar-refractivity contribution in [2.75, 3.05) is 26.4 Å². The van der Waals surface area contributed by atoms with Crippen LogP contribution in [0.1, 0.15) is 26.1 Å². The summed E-state index contributed by atoms with van der Waals surface area (Å²) in [6, 6.07) is 7.83. The minimum atomic E-state index is -0.438. The van der Waals surface area contributed by atoms with Crippen LogP contribution in [0.15, 0.2) is 24.3 Å². The van der Waals surface area contributed by atoms with Gasteiger partial charge in [-0.15, -0.1) is 0 Å². The van der Waals surface area contributed by atoms with E-state index >= 15 is 0 Å². The second-order valence-corrected chi connectivity index (χ2v) is 7.02. The van der Waals surface area contributed by atoms with Crippen LogP contribution in [0.4, 0.5) is 4.79 Å². The highest BCUT2D eigenvalue weighted by Crippen LogP contribution is 2.23. The van der Waals surface area contributed by atoms with Gasteiger partial charge in [0.1, 0.15) is 5.82 Å². The normalized spacial score (nSPS) is 17.5. The number of fused-ring (bicyclic) bond motifs is 1. The fourth-order valence-corrected chi connectivity index (χ4v) is 2.60. The number of rotatable bonds is 6. The van der Waals surface area contributed by atoms with Crippen molar-refractivity contribution in [1.82, 2.24) is 15.3 Å². The molecule has 1 saturated heterocycles. The van der Waals surface area contributed by atoms with Crippen molar-refractivity contribution in [2.45, 2.75) is 33.0 Å². The number of imidazole rings is 1. The van der Waals surface area contributed by atoms with Gasteiger partial charge in [0, 0.05) is 24.8 Å². The smallest absolute Gasteiger partial charge is 0.407 e. The maximum Gasteiger partial charge on any atom is 0.407 e. The monoisotopic (exact) mass is 347 g/mol. The number of benzene rings is 1. The second kappa shape index (κ2) is 7.84. The van der Waals surface area contributed by atoms with Crippen LogP contribution in [0.25, 0.3) is 11.0 Å². The number of para-hydroxylation sites is 2. The highest BCUT2D eigenvalue weighted by atomic mass is 16.7. The topological polar surface area (TPSA) is 85.5 Å². The Balaban J connectivity index is 1.30. The lowest BCUT2D eigenvalue weighted by Gasteiger charge is -2.34. The number of hydrogen-bond acceptors (Lipinski definition) is 5. The molecule has 0 bridgehead atoms. The Morgan fingerprint density at radius 2 is 2.12 bits per heavy atom. The van der Waals surface area contributed by atoms with Gasteiger partial charge < -0.3 is 24.5 Å². The zero-order chi connectivity index (χ0) is 17.7. The van der Waals surface area contributed by atoms with Gasteiger partial charge >= 0.3 is 6.09 Å². The third-order valence-corrected chi connectivity index (χ3v) is 3.98. The molecule has 1 amide bonds. The highest BCUT2D eigenvalue weighted by Gasteiger charge is 2.28. The Kier molecular flexibility index (Phi) is 5.55. The third-order valence-electron chi connectivity index (χ3n) is 3.98. The molecule has 2 heterocycles. The molecule has 7 heteroatoms. The Bertz CT molecular complexity index is 670. The van der Waals surface area contributed by atoms with Gasteiger partial charge in [0.25, 0.3) is 0 Å². The molecule has 0 spiro atoms. The minimum absolute atomic E-state index is 0.0470. The first kappa shape index (κ1) is 17.7. The number of amides is 1. The molecule has 1 aromatic carbocycles. The van der Waals surface area contributed by atoms with Gasteiger partial charge in [-0.05, 0) is 12.1 Å². The second-order valence-electron chi connectivity index (χ2n) is 7.02. The van der Waals surface area contributed by atoms with Gasteiger partial charge in [-0.25, -0.2) is 9.78 Å². The Labute approximate surface area is 147 Å². The molecule has 1 aliphatic heterocycles. The quantitative estimate of drug-likeness (QED) is 0.839. The lowest BCUT2D eigenvalue weighted by Crippen LogP contribution is -2.38. The van der Waals surface area contributed by atoms with Crippen LogP contribution in [0, 0.1) is 5.41 Å². The van der Waals surface area contributed by atoms with Crippen molar-refractivity contribution in [3.8, 4) is 0 Å². The maximum atomic E-state index is 11.7. The van der Waals surface area contributed by atoms with E-state index in [-0.39, 0.29) is 18.3 Å². The predicted octanol–water partition coefficient (Wildman–Crippen LogP) is 2.62. The van der Waals surface area contributed by atoms with Gasteiger partial charge in [-0.2, -0.15) is 0 Å². The number of hydrogen-bond donors (Lipinski definition) is 2. The summed E-state index contributed by atoms with van der Waals surface area (Å²) in [6.07, 6.45) is 0.421. The van der Waals surface area contributed by atoms with E-state index in [2.05, 4.69) is 29.1 Å². The number of alkyl carbamates (subject to hydrolysis) is 1. The highest BCUT2D eigenvalue weighted by molar-refractivity contribution is 5.74. The molecule has 25 heavy (non-hydrogen) atoms. The first-order valence-electron chi connectivity index (χ1n) is 8.59.